The minimum absolute atomic E-state index is 0.104. The van der Waals surface area contributed by atoms with Gasteiger partial charge in [0.15, 0.2) is 0 Å². The van der Waals surface area contributed by atoms with Crippen LogP contribution in [0.15, 0.2) is 47.3 Å². The second-order valence-corrected chi connectivity index (χ2v) is 11.0. The first kappa shape index (κ1) is 21.9. The Labute approximate surface area is 181 Å². The third kappa shape index (κ3) is 3.61. The van der Waals surface area contributed by atoms with Gasteiger partial charge in [-0.05, 0) is 74.9 Å². The van der Waals surface area contributed by atoms with Gasteiger partial charge in [0.1, 0.15) is 6.61 Å². The molecule has 4 aliphatic carbocycles. The zero-order chi connectivity index (χ0) is 21.7. The van der Waals surface area contributed by atoms with Gasteiger partial charge in [-0.25, -0.2) is 0 Å². The maximum atomic E-state index is 11.0. The van der Waals surface area contributed by atoms with Crippen LogP contribution in [0, 0.1) is 22.7 Å². The first-order chi connectivity index (χ1) is 14.1. The van der Waals surface area contributed by atoms with Crippen molar-refractivity contribution >= 4 is 0 Å². The lowest BCUT2D eigenvalue weighted by atomic mass is 9.50. The van der Waals surface area contributed by atoms with Gasteiger partial charge in [-0.2, -0.15) is 0 Å². The molecular weight excluding hydrogens is 376 g/mol. The Balaban J connectivity index is 1.49. The van der Waals surface area contributed by atoms with Crippen LogP contribution >= 0.6 is 0 Å². The number of aliphatic hydroxyl groups is 3. The number of ether oxygens (including phenoxy) is 1. The highest BCUT2D eigenvalue weighted by Crippen LogP contribution is 2.63. The highest BCUT2D eigenvalue weighted by atomic mass is 16.5. The first-order valence-corrected chi connectivity index (χ1v) is 11.5. The van der Waals surface area contributed by atoms with E-state index in [0.29, 0.717) is 37.7 Å². The second kappa shape index (κ2) is 7.65. The summed E-state index contributed by atoms with van der Waals surface area (Å²) < 4.78 is 5.84. The molecule has 0 heterocycles. The molecule has 0 bridgehead atoms. The fourth-order valence-corrected chi connectivity index (χ4v) is 6.49. The molecule has 4 heteroatoms. The van der Waals surface area contributed by atoms with E-state index >= 15 is 0 Å². The van der Waals surface area contributed by atoms with Crippen LogP contribution in [0.1, 0.15) is 66.2 Å². The van der Waals surface area contributed by atoms with Gasteiger partial charge in [-0.15, -0.1) is 0 Å². The maximum absolute atomic E-state index is 11.0. The maximum Gasteiger partial charge on any atom is 0.109 e. The minimum atomic E-state index is -0.711. The van der Waals surface area contributed by atoms with E-state index < -0.39 is 17.8 Å². The smallest absolute Gasteiger partial charge is 0.109 e. The molecule has 0 amide bonds. The zero-order valence-corrected chi connectivity index (χ0v) is 18.9. The van der Waals surface area contributed by atoms with Crippen molar-refractivity contribution in [2.75, 3.05) is 6.61 Å². The van der Waals surface area contributed by atoms with Crippen LogP contribution in [0.4, 0.5) is 0 Å². The minimum Gasteiger partial charge on any atom is -0.497 e. The van der Waals surface area contributed by atoms with Gasteiger partial charge in [0.05, 0.1) is 24.1 Å². The van der Waals surface area contributed by atoms with Crippen LogP contribution in [0.25, 0.3) is 0 Å². The molecule has 6 atom stereocenters. The summed E-state index contributed by atoms with van der Waals surface area (Å²) in [6, 6.07) is 0. The Hall–Kier alpha value is -1.36. The molecule has 166 valence electrons. The van der Waals surface area contributed by atoms with E-state index in [1.54, 1.807) is 20.1 Å². The third-order valence-electron chi connectivity index (χ3n) is 8.44. The summed E-state index contributed by atoms with van der Waals surface area (Å²) >= 11 is 0. The summed E-state index contributed by atoms with van der Waals surface area (Å²) in [7, 11) is 0. The summed E-state index contributed by atoms with van der Waals surface area (Å²) in [4.78, 5) is 0. The standard InChI is InChI=1S/C26H38O4/c1-24(2,29)11-5-13-30-16-18-7-9-21-20-8-6-17-14-19(27)15-23(28)26(17,4)22(20)10-12-25(18,21)3/h5-8,13,19,21-23,27-29H,9-12,14-16H2,1-4H3/b13-5+/t19-,21+,22+,23+,25-,26+/m1/s1. The van der Waals surface area contributed by atoms with E-state index in [1.165, 1.54) is 16.7 Å². The zero-order valence-electron chi connectivity index (χ0n) is 18.9. The molecule has 4 aliphatic rings. The Bertz CT molecular complexity index is 798. The summed E-state index contributed by atoms with van der Waals surface area (Å²) in [5.41, 5.74) is 3.22. The van der Waals surface area contributed by atoms with Crippen LogP contribution in [0.2, 0.25) is 0 Å². The van der Waals surface area contributed by atoms with Crippen LogP contribution in [0.5, 0.6) is 0 Å². The van der Waals surface area contributed by atoms with Gasteiger partial charge < -0.3 is 20.1 Å². The van der Waals surface area contributed by atoms with Crippen molar-refractivity contribution in [1.82, 2.24) is 0 Å². The predicted molar refractivity (Wildman–Crippen MR) is 119 cm³/mol. The number of aliphatic hydroxyl groups excluding tert-OH is 2. The molecule has 2 fully saturated rings. The summed E-state index contributed by atoms with van der Waals surface area (Å²) in [6.07, 6.45) is 14.5. The fraction of sp³-hybridized carbons (Fsp3) is 0.692. The Morgan fingerprint density at radius 2 is 1.97 bits per heavy atom. The molecule has 0 aliphatic heterocycles. The topological polar surface area (TPSA) is 69.9 Å². The largest absolute Gasteiger partial charge is 0.497 e. The van der Waals surface area contributed by atoms with E-state index in [0.717, 1.165) is 19.3 Å². The number of hydrogen-bond donors (Lipinski definition) is 3. The van der Waals surface area contributed by atoms with Gasteiger partial charge in [0, 0.05) is 11.8 Å². The van der Waals surface area contributed by atoms with Crippen LogP contribution in [-0.2, 0) is 4.74 Å². The van der Waals surface area contributed by atoms with E-state index in [4.69, 9.17) is 4.74 Å². The fourth-order valence-electron chi connectivity index (χ4n) is 6.49. The molecule has 0 unspecified atom stereocenters. The average molecular weight is 415 g/mol. The molecule has 0 spiro atoms. The molecule has 0 radical (unpaired) electrons. The van der Waals surface area contributed by atoms with E-state index in [-0.39, 0.29) is 10.8 Å². The van der Waals surface area contributed by atoms with Crippen molar-refractivity contribution in [3.8, 4) is 0 Å². The van der Waals surface area contributed by atoms with Gasteiger partial charge in [-0.1, -0.05) is 43.2 Å². The highest BCUT2D eigenvalue weighted by Gasteiger charge is 2.56. The molecule has 0 aromatic carbocycles. The van der Waals surface area contributed by atoms with Gasteiger partial charge in [-0.3, -0.25) is 0 Å². The van der Waals surface area contributed by atoms with Crippen LogP contribution < -0.4 is 0 Å². The number of fused-ring (bicyclic) bond motifs is 5. The molecule has 30 heavy (non-hydrogen) atoms. The Morgan fingerprint density at radius 3 is 2.70 bits per heavy atom. The van der Waals surface area contributed by atoms with Crippen molar-refractivity contribution in [2.45, 2.75) is 84.0 Å². The lowest BCUT2D eigenvalue weighted by Gasteiger charge is -2.55. The second-order valence-electron chi connectivity index (χ2n) is 11.0. The predicted octanol–water partition coefficient (Wildman–Crippen LogP) is 4.43. The molecule has 0 saturated heterocycles. The van der Waals surface area contributed by atoms with E-state index in [2.05, 4.69) is 32.1 Å². The average Bonchev–Trinajstić information content (AvgIpc) is 2.98. The molecule has 3 N–H and O–H groups in total. The van der Waals surface area contributed by atoms with Gasteiger partial charge in [0.2, 0.25) is 0 Å². The van der Waals surface area contributed by atoms with Crippen molar-refractivity contribution in [3.63, 3.8) is 0 Å². The lowest BCUT2D eigenvalue weighted by molar-refractivity contribution is -0.0492. The van der Waals surface area contributed by atoms with Crippen molar-refractivity contribution in [2.24, 2.45) is 22.7 Å². The third-order valence-corrected chi connectivity index (χ3v) is 8.44. The summed E-state index contributed by atoms with van der Waals surface area (Å²) in [5, 5.41) is 30.9. The van der Waals surface area contributed by atoms with E-state index in [1.807, 2.05) is 6.08 Å². The Morgan fingerprint density at radius 1 is 1.20 bits per heavy atom. The Kier molecular flexibility index (Phi) is 5.57. The van der Waals surface area contributed by atoms with Crippen molar-refractivity contribution in [3.05, 3.63) is 47.3 Å². The molecule has 0 aromatic heterocycles. The van der Waals surface area contributed by atoms with Crippen LogP contribution in [0.3, 0.4) is 0 Å². The quantitative estimate of drug-likeness (QED) is 0.460. The van der Waals surface area contributed by atoms with Crippen molar-refractivity contribution in [1.29, 1.82) is 0 Å². The van der Waals surface area contributed by atoms with Gasteiger partial charge in [0.25, 0.3) is 0 Å². The SMILES string of the molecule is CC(C)(O)C/C=C/OCC1=CC[C@H]2C3=CC=C4C[C@@H](O)C[C@H](O)[C@]4(C)[C@H]3CC[C@]12C. The number of hydrogen-bond acceptors (Lipinski definition) is 4. The summed E-state index contributed by atoms with van der Waals surface area (Å²) in [6.45, 7) is 8.78. The molecule has 2 saturated carbocycles. The van der Waals surface area contributed by atoms with Crippen LogP contribution in [-0.4, -0.2) is 39.7 Å². The molecule has 0 aromatic rings. The lowest BCUT2D eigenvalue weighted by Crippen LogP contribution is -2.52. The highest BCUT2D eigenvalue weighted by molar-refractivity contribution is 5.43. The summed E-state index contributed by atoms with van der Waals surface area (Å²) in [5.74, 6) is 0.822. The first-order valence-electron chi connectivity index (χ1n) is 11.5. The molecule has 4 rings (SSSR count). The number of allylic oxidation sites excluding steroid dienone is 4. The molecular formula is C26H38O4. The number of rotatable bonds is 5. The monoisotopic (exact) mass is 414 g/mol. The van der Waals surface area contributed by atoms with Gasteiger partial charge >= 0.3 is 0 Å². The normalized spacial score (nSPS) is 40.8. The van der Waals surface area contributed by atoms with E-state index in [9.17, 15) is 15.3 Å². The van der Waals surface area contributed by atoms with Crippen molar-refractivity contribution < 1.29 is 20.1 Å². The molecule has 4 nitrogen and oxygen atoms in total.